The number of hydrogen-bond acceptors (Lipinski definition) is 2. The Morgan fingerprint density at radius 1 is 0.839 bits per heavy atom. The molecule has 0 atom stereocenters. The molecular weight excluding hydrogens is 409 g/mol. The molecule has 6 heteroatoms. The third-order valence-corrected chi connectivity index (χ3v) is 6.20. The van der Waals surface area contributed by atoms with Gasteiger partial charge in [0.2, 0.25) is 0 Å². The molecule has 0 unspecified atom stereocenters. The number of ether oxygens (including phenoxy) is 1. The summed E-state index contributed by atoms with van der Waals surface area (Å²) in [5.41, 5.74) is 5.89. The van der Waals surface area contributed by atoms with Gasteiger partial charge in [0.05, 0.1) is 0 Å². The van der Waals surface area contributed by atoms with Crippen molar-refractivity contribution in [2.75, 3.05) is 20.2 Å². The van der Waals surface area contributed by atoms with Crippen molar-refractivity contribution < 1.29 is 19.1 Å². The quantitative estimate of drug-likeness (QED) is 0.344. The van der Waals surface area contributed by atoms with Crippen LogP contribution in [0, 0.1) is 0 Å². The first-order valence-corrected chi connectivity index (χ1v) is 11.8. The van der Waals surface area contributed by atoms with E-state index in [1.54, 1.807) is 0 Å². The monoisotopic (exact) mass is 437 g/mol. The molecule has 0 saturated carbocycles. The zero-order chi connectivity index (χ0) is 22.3. The molecule has 0 spiro atoms. The van der Waals surface area contributed by atoms with Crippen LogP contribution in [-0.4, -0.2) is 34.7 Å². The van der Waals surface area contributed by atoms with Crippen LogP contribution in [0.25, 0.3) is 11.1 Å². The van der Waals surface area contributed by atoms with Gasteiger partial charge in [-0.15, -0.1) is 0 Å². The van der Waals surface area contributed by atoms with E-state index in [-0.39, 0.29) is 13.2 Å². The van der Waals surface area contributed by atoms with Crippen molar-refractivity contribution in [3.63, 3.8) is 0 Å². The maximum atomic E-state index is 11.2. The first-order chi connectivity index (χ1) is 14.9. The summed E-state index contributed by atoms with van der Waals surface area (Å²) in [5, 5.41) is 0. The third-order valence-electron chi connectivity index (χ3n) is 5.11. The van der Waals surface area contributed by atoms with E-state index >= 15 is 0 Å². The molecule has 162 valence electrons. The lowest BCUT2D eigenvalue weighted by molar-refractivity contribution is 0.245. The van der Waals surface area contributed by atoms with Crippen LogP contribution in [0.4, 0.5) is 0 Å². The van der Waals surface area contributed by atoms with Gasteiger partial charge in [0.25, 0.3) is 0 Å². The van der Waals surface area contributed by atoms with Crippen LogP contribution >= 0.6 is 7.75 Å². The first-order valence-electron chi connectivity index (χ1n) is 10.2. The zero-order valence-corrected chi connectivity index (χ0v) is 18.7. The van der Waals surface area contributed by atoms with Crippen LogP contribution in [0.3, 0.4) is 0 Å². The molecule has 0 saturated heterocycles. The summed E-state index contributed by atoms with van der Waals surface area (Å²) in [5.74, 6) is 0.660. The van der Waals surface area contributed by atoms with Crippen molar-refractivity contribution in [3.8, 4) is 5.75 Å². The van der Waals surface area contributed by atoms with E-state index in [1.807, 2.05) is 48.5 Å². The molecule has 0 radical (unpaired) electrons. The highest BCUT2D eigenvalue weighted by Gasteiger charge is 2.20. The highest BCUT2D eigenvalue weighted by molar-refractivity contribution is 7.49. The average Bonchev–Trinajstić information content (AvgIpc) is 2.78. The SMILES string of the molecule is CC/C(=C(\c1ccccc1)c1ccc(OCCN(C)P(=O)(O)O)cc1)c1ccccc1. The summed E-state index contributed by atoms with van der Waals surface area (Å²) in [6.07, 6.45) is 0.890. The molecular formula is C25H28NO4P. The fourth-order valence-corrected chi connectivity index (χ4v) is 3.77. The third kappa shape index (κ3) is 6.16. The Morgan fingerprint density at radius 2 is 1.35 bits per heavy atom. The Labute approximate surface area is 183 Å². The number of rotatable bonds is 9. The standard InChI is InChI=1S/C25H28NO4P/c1-3-24(20-10-6-4-7-11-20)25(21-12-8-5-9-13-21)22-14-16-23(17-15-22)30-19-18-26(2)31(27,28)29/h4-17H,3,18-19H2,1-2H3,(H2,27,28,29)/b25-24-. The molecule has 0 heterocycles. The Kier molecular flexibility index (Phi) is 7.83. The number of benzene rings is 3. The summed E-state index contributed by atoms with van der Waals surface area (Å²) in [6, 6.07) is 28.6. The first kappa shape index (κ1) is 23.0. The number of nitrogens with zero attached hydrogens (tertiary/aromatic N) is 1. The molecule has 3 rings (SSSR count). The summed E-state index contributed by atoms with van der Waals surface area (Å²) < 4.78 is 17.9. The van der Waals surface area contributed by atoms with Gasteiger partial charge in [0.15, 0.2) is 0 Å². The molecule has 0 bridgehead atoms. The number of likely N-dealkylation sites (N-methyl/N-ethyl adjacent to an activating group) is 1. The van der Waals surface area contributed by atoms with Gasteiger partial charge in [-0.3, -0.25) is 0 Å². The molecule has 0 aliphatic carbocycles. The van der Waals surface area contributed by atoms with Crippen LogP contribution in [-0.2, 0) is 4.57 Å². The summed E-state index contributed by atoms with van der Waals surface area (Å²) in [4.78, 5) is 18.3. The second-order valence-electron chi connectivity index (χ2n) is 7.21. The Hall–Kier alpha value is -2.69. The van der Waals surface area contributed by atoms with Crippen molar-refractivity contribution >= 4 is 18.9 Å². The van der Waals surface area contributed by atoms with E-state index in [0.717, 1.165) is 22.2 Å². The Balaban J connectivity index is 1.89. The molecule has 2 N–H and O–H groups in total. The minimum atomic E-state index is -4.23. The fourth-order valence-electron chi connectivity index (χ4n) is 3.43. The highest BCUT2D eigenvalue weighted by Crippen LogP contribution is 2.38. The number of hydrogen-bond donors (Lipinski definition) is 2. The van der Waals surface area contributed by atoms with Gasteiger partial charge in [-0.25, -0.2) is 9.24 Å². The van der Waals surface area contributed by atoms with Crippen LogP contribution in [0.1, 0.15) is 30.0 Å². The van der Waals surface area contributed by atoms with Gasteiger partial charge >= 0.3 is 7.75 Å². The molecule has 0 amide bonds. The van der Waals surface area contributed by atoms with Crippen molar-refractivity contribution in [3.05, 3.63) is 102 Å². The van der Waals surface area contributed by atoms with Crippen LogP contribution < -0.4 is 4.74 Å². The lowest BCUT2D eigenvalue weighted by Crippen LogP contribution is -2.21. The summed E-state index contributed by atoms with van der Waals surface area (Å²) in [7, 11) is -2.85. The Bertz CT molecular complexity index is 1040. The van der Waals surface area contributed by atoms with Gasteiger partial charge in [0.1, 0.15) is 12.4 Å². The zero-order valence-electron chi connectivity index (χ0n) is 17.8. The lowest BCUT2D eigenvalue weighted by atomic mass is 9.88. The Morgan fingerprint density at radius 3 is 1.87 bits per heavy atom. The second-order valence-corrected chi connectivity index (χ2v) is 8.92. The minimum absolute atomic E-state index is 0.134. The second kappa shape index (κ2) is 10.6. The van der Waals surface area contributed by atoms with Crippen LogP contribution in [0.5, 0.6) is 5.75 Å². The molecule has 3 aromatic carbocycles. The molecule has 3 aromatic rings. The lowest BCUT2D eigenvalue weighted by Gasteiger charge is -2.18. The number of allylic oxidation sites excluding steroid dienone is 1. The van der Waals surface area contributed by atoms with Crippen molar-refractivity contribution in [1.29, 1.82) is 0 Å². The minimum Gasteiger partial charge on any atom is -0.492 e. The smallest absolute Gasteiger partial charge is 0.402 e. The maximum Gasteiger partial charge on any atom is 0.402 e. The van der Waals surface area contributed by atoms with Gasteiger partial charge in [-0.1, -0.05) is 79.7 Å². The van der Waals surface area contributed by atoms with Gasteiger partial charge in [-0.05, 0) is 53.4 Å². The van der Waals surface area contributed by atoms with E-state index in [2.05, 4.69) is 43.3 Å². The molecule has 0 aliphatic heterocycles. The van der Waals surface area contributed by atoms with E-state index in [9.17, 15) is 4.57 Å². The predicted octanol–water partition coefficient (Wildman–Crippen LogP) is 5.46. The summed E-state index contributed by atoms with van der Waals surface area (Å²) in [6.45, 7) is 2.49. The van der Waals surface area contributed by atoms with Crippen LogP contribution in [0.2, 0.25) is 0 Å². The van der Waals surface area contributed by atoms with Crippen molar-refractivity contribution in [2.45, 2.75) is 13.3 Å². The molecule has 0 aliphatic rings. The molecule has 5 nitrogen and oxygen atoms in total. The van der Waals surface area contributed by atoms with Crippen molar-refractivity contribution in [1.82, 2.24) is 4.67 Å². The predicted molar refractivity (Wildman–Crippen MR) is 126 cm³/mol. The average molecular weight is 437 g/mol. The normalized spacial score (nSPS) is 12.5. The fraction of sp³-hybridized carbons (Fsp3) is 0.200. The van der Waals surface area contributed by atoms with Crippen molar-refractivity contribution in [2.24, 2.45) is 0 Å². The topological polar surface area (TPSA) is 70.0 Å². The summed E-state index contributed by atoms with van der Waals surface area (Å²) >= 11 is 0. The highest BCUT2D eigenvalue weighted by atomic mass is 31.2. The molecule has 31 heavy (non-hydrogen) atoms. The maximum absolute atomic E-state index is 11.2. The molecule has 0 fully saturated rings. The molecule has 0 aromatic heterocycles. The van der Waals surface area contributed by atoms with E-state index in [1.165, 1.54) is 23.8 Å². The van der Waals surface area contributed by atoms with Crippen LogP contribution in [0.15, 0.2) is 84.9 Å². The largest absolute Gasteiger partial charge is 0.492 e. The van der Waals surface area contributed by atoms with Gasteiger partial charge in [-0.2, -0.15) is 0 Å². The van der Waals surface area contributed by atoms with Gasteiger partial charge in [0, 0.05) is 6.54 Å². The van der Waals surface area contributed by atoms with E-state index in [4.69, 9.17) is 14.5 Å². The van der Waals surface area contributed by atoms with Gasteiger partial charge < -0.3 is 14.5 Å². The van der Waals surface area contributed by atoms with E-state index < -0.39 is 7.75 Å². The van der Waals surface area contributed by atoms with E-state index in [0.29, 0.717) is 5.75 Å².